The van der Waals surface area contributed by atoms with Gasteiger partial charge in [-0.15, -0.1) is 0 Å². The topological polar surface area (TPSA) is 91.5 Å². The average molecular weight is 343 g/mol. The van der Waals surface area contributed by atoms with Crippen LogP contribution in [-0.4, -0.2) is 33.8 Å². The van der Waals surface area contributed by atoms with Crippen LogP contribution in [-0.2, 0) is 13.0 Å². The van der Waals surface area contributed by atoms with Gasteiger partial charge in [0.05, 0.1) is 18.4 Å². The maximum atomic E-state index is 13.2. The highest BCUT2D eigenvalue weighted by Crippen LogP contribution is 2.04. The number of nitrogens with one attached hydrogen (secondary N) is 2. The van der Waals surface area contributed by atoms with Crippen molar-refractivity contribution in [3.05, 3.63) is 56.7 Å². The van der Waals surface area contributed by atoms with Crippen molar-refractivity contribution >= 4 is 24.6 Å². The molecule has 8 heteroatoms. The van der Waals surface area contributed by atoms with Gasteiger partial charge in [-0.25, -0.2) is 9.37 Å². The Balaban J connectivity index is 1.76. The first-order valence-corrected chi connectivity index (χ1v) is 7.82. The number of hydrogen-bond donors (Lipinski definition) is 3. The van der Waals surface area contributed by atoms with Crippen LogP contribution in [0.5, 0.6) is 0 Å². The number of guanidine groups is 1. The summed E-state index contributed by atoms with van der Waals surface area (Å²) in [5.41, 5.74) is 0.831. The largest absolute Gasteiger partial charge is 0.395 e. The monoisotopic (exact) mass is 343 g/mol. The van der Waals surface area contributed by atoms with Gasteiger partial charge in [0.25, 0.3) is 5.56 Å². The SMILES string of the molecule is C=c1nc2c(c(=O)n1CCO)=CNC(=NCCc1cccc(F)c1)N2. The molecule has 0 radical (unpaired) electrons. The van der Waals surface area contributed by atoms with E-state index in [0.29, 0.717) is 30.0 Å². The summed E-state index contributed by atoms with van der Waals surface area (Å²) in [4.78, 5) is 21.0. The number of aliphatic hydroxyl groups excluding tert-OH is 1. The van der Waals surface area contributed by atoms with Crippen LogP contribution in [0.1, 0.15) is 5.56 Å². The van der Waals surface area contributed by atoms with E-state index in [-0.39, 0.29) is 30.0 Å². The minimum absolute atomic E-state index is 0.139. The van der Waals surface area contributed by atoms with Crippen LogP contribution < -0.4 is 26.9 Å². The van der Waals surface area contributed by atoms with Crippen molar-refractivity contribution in [2.24, 2.45) is 4.99 Å². The lowest BCUT2D eigenvalue weighted by Gasteiger charge is -2.16. The zero-order chi connectivity index (χ0) is 17.8. The Morgan fingerprint density at radius 2 is 2.24 bits per heavy atom. The van der Waals surface area contributed by atoms with E-state index in [1.807, 2.05) is 6.07 Å². The van der Waals surface area contributed by atoms with E-state index >= 15 is 0 Å². The fourth-order valence-electron chi connectivity index (χ4n) is 2.53. The molecule has 0 atom stereocenters. The number of hydrogen-bond acceptors (Lipinski definition) is 4. The van der Waals surface area contributed by atoms with Crippen molar-refractivity contribution < 1.29 is 9.50 Å². The van der Waals surface area contributed by atoms with Crippen LogP contribution in [0.15, 0.2) is 34.1 Å². The number of nitrogens with zero attached hydrogens (tertiary/aromatic N) is 3. The molecule has 0 spiro atoms. The molecular weight excluding hydrogens is 325 g/mol. The highest BCUT2D eigenvalue weighted by atomic mass is 19.1. The normalized spacial score (nSPS) is 14.4. The quantitative estimate of drug-likeness (QED) is 0.657. The van der Waals surface area contributed by atoms with Crippen LogP contribution in [0.4, 0.5) is 10.2 Å². The predicted octanol–water partition coefficient (Wildman–Crippen LogP) is -0.863. The molecule has 0 aliphatic carbocycles. The number of aromatic nitrogens is 2. The Hall–Kier alpha value is -3.00. The molecule has 0 fully saturated rings. The molecule has 0 unspecified atom stereocenters. The fourth-order valence-corrected chi connectivity index (χ4v) is 2.53. The summed E-state index contributed by atoms with van der Waals surface area (Å²) < 4.78 is 14.5. The summed E-state index contributed by atoms with van der Waals surface area (Å²) in [5.74, 6) is 0.551. The average Bonchev–Trinajstić information content (AvgIpc) is 2.58. The van der Waals surface area contributed by atoms with Gasteiger partial charge in [0, 0.05) is 12.7 Å². The summed E-state index contributed by atoms with van der Waals surface area (Å²) in [6.45, 7) is 4.15. The van der Waals surface area contributed by atoms with E-state index < -0.39 is 0 Å². The number of rotatable bonds is 5. The zero-order valence-electron chi connectivity index (χ0n) is 13.5. The van der Waals surface area contributed by atoms with Gasteiger partial charge < -0.3 is 15.7 Å². The van der Waals surface area contributed by atoms with Crippen molar-refractivity contribution in [3.63, 3.8) is 0 Å². The predicted molar refractivity (Wildman–Crippen MR) is 94.0 cm³/mol. The number of aliphatic hydroxyl groups is 1. The van der Waals surface area contributed by atoms with Crippen molar-refractivity contribution in [2.45, 2.75) is 13.0 Å². The Kier molecular flexibility index (Phi) is 4.90. The molecule has 0 bridgehead atoms. The van der Waals surface area contributed by atoms with Gasteiger partial charge in [-0.05, 0) is 24.1 Å². The van der Waals surface area contributed by atoms with Crippen molar-refractivity contribution in [1.82, 2.24) is 14.9 Å². The molecule has 1 aromatic heterocycles. The van der Waals surface area contributed by atoms with E-state index in [9.17, 15) is 9.18 Å². The lowest BCUT2D eigenvalue weighted by atomic mass is 10.1. The van der Waals surface area contributed by atoms with Crippen molar-refractivity contribution in [3.8, 4) is 0 Å². The minimum Gasteiger partial charge on any atom is -0.395 e. The van der Waals surface area contributed by atoms with Crippen molar-refractivity contribution in [2.75, 3.05) is 18.5 Å². The van der Waals surface area contributed by atoms with E-state index in [1.165, 1.54) is 22.9 Å². The molecule has 0 saturated heterocycles. The number of benzene rings is 1. The second kappa shape index (κ2) is 7.27. The van der Waals surface area contributed by atoms with Crippen LogP contribution in [0.3, 0.4) is 0 Å². The molecule has 1 aromatic carbocycles. The number of aliphatic imine (C=N–C) groups is 1. The van der Waals surface area contributed by atoms with E-state index in [1.54, 1.807) is 6.07 Å². The standard InChI is InChI=1S/C17H18FN5O2/c1-11-21-15-14(16(25)23(11)7-8-24)10-20-17(22-15)19-6-5-12-3-2-4-13(18)9-12/h2-4,9-10,24H,1,5-8H2,(H2,19,20,21,22). The molecule has 2 heterocycles. The molecule has 3 rings (SSSR count). The fraction of sp³-hybridized carbons (Fsp3) is 0.235. The number of fused-ring (bicyclic) bond motifs is 1. The second-order valence-electron chi connectivity index (χ2n) is 5.49. The van der Waals surface area contributed by atoms with E-state index in [4.69, 9.17) is 5.11 Å². The molecule has 7 nitrogen and oxygen atoms in total. The Morgan fingerprint density at radius 1 is 1.40 bits per heavy atom. The molecule has 25 heavy (non-hydrogen) atoms. The Morgan fingerprint density at radius 3 is 3.00 bits per heavy atom. The third-order valence-corrected chi connectivity index (χ3v) is 3.76. The molecular formula is C17H18FN5O2. The summed E-state index contributed by atoms with van der Waals surface area (Å²) in [7, 11) is 0. The van der Waals surface area contributed by atoms with Gasteiger partial charge >= 0.3 is 0 Å². The summed E-state index contributed by atoms with van der Waals surface area (Å²) in [6.07, 6.45) is 2.11. The van der Waals surface area contributed by atoms with Gasteiger partial charge in [0.1, 0.15) is 17.1 Å². The molecule has 0 saturated carbocycles. The third-order valence-electron chi connectivity index (χ3n) is 3.76. The summed E-state index contributed by atoms with van der Waals surface area (Å²) in [5, 5.41) is 15.2. The third kappa shape index (κ3) is 3.74. The first-order valence-electron chi connectivity index (χ1n) is 7.82. The number of anilines is 1. The first kappa shape index (κ1) is 16.8. The van der Waals surface area contributed by atoms with E-state index in [0.717, 1.165) is 5.56 Å². The molecule has 3 N–H and O–H groups in total. The van der Waals surface area contributed by atoms with Gasteiger partial charge in [0.15, 0.2) is 0 Å². The Bertz CT molecular complexity index is 984. The first-order chi connectivity index (χ1) is 12.1. The van der Waals surface area contributed by atoms with Crippen LogP contribution in [0.2, 0.25) is 0 Å². The summed E-state index contributed by atoms with van der Waals surface area (Å²) in [6, 6.07) is 6.38. The van der Waals surface area contributed by atoms with Crippen LogP contribution >= 0.6 is 0 Å². The lowest BCUT2D eigenvalue weighted by molar-refractivity contribution is 0.271. The molecule has 1 aliphatic heterocycles. The molecule has 0 amide bonds. The van der Waals surface area contributed by atoms with Crippen LogP contribution in [0.25, 0.3) is 12.8 Å². The minimum atomic E-state index is -0.289. The molecule has 1 aliphatic rings. The maximum Gasteiger partial charge on any atom is 0.264 e. The lowest BCUT2D eigenvalue weighted by Crippen LogP contribution is -2.50. The van der Waals surface area contributed by atoms with Gasteiger partial charge in [0.2, 0.25) is 5.96 Å². The molecule has 2 aromatic rings. The smallest absolute Gasteiger partial charge is 0.264 e. The van der Waals surface area contributed by atoms with Gasteiger partial charge in [-0.1, -0.05) is 18.7 Å². The highest BCUT2D eigenvalue weighted by Gasteiger charge is 2.13. The van der Waals surface area contributed by atoms with Crippen molar-refractivity contribution in [1.29, 1.82) is 0 Å². The maximum absolute atomic E-state index is 13.2. The highest BCUT2D eigenvalue weighted by molar-refractivity contribution is 5.97. The zero-order valence-corrected chi connectivity index (χ0v) is 13.5. The van der Waals surface area contributed by atoms with Gasteiger partial charge in [-0.3, -0.25) is 14.4 Å². The molecule has 130 valence electrons. The Labute approximate surface area is 142 Å². The second-order valence-corrected chi connectivity index (χ2v) is 5.49. The van der Waals surface area contributed by atoms with Gasteiger partial charge in [-0.2, -0.15) is 0 Å². The number of halogens is 1. The van der Waals surface area contributed by atoms with Crippen LogP contribution in [0, 0.1) is 5.82 Å². The summed E-state index contributed by atoms with van der Waals surface area (Å²) >= 11 is 0. The van der Waals surface area contributed by atoms with E-state index in [2.05, 4.69) is 27.2 Å².